The fourth-order valence-corrected chi connectivity index (χ4v) is 1.68. The lowest BCUT2D eigenvalue weighted by Crippen LogP contribution is -2.07. The van der Waals surface area contributed by atoms with E-state index in [0.29, 0.717) is 5.75 Å². The highest BCUT2D eigenvalue weighted by Gasteiger charge is 2.03. The van der Waals surface area contributed by atoms with Crippen molar-refractivity contribution in [3.8, 4) is 11.5 Å². The van der Waals surface area contributed by atoms with Crippen LogP contribution in [0.5, 0.6) is 11.5 Å². The van der Waals surface area contributed by atoms with Gasteiger partial charge in [0.25, 0.3) is 0 Å². The molecule has 0 aliphatic carbocycles. The molecule has 0 spiro atoms. The smallest absolute Gasteiger partial charge is 0.328 e. The summed E-state index contributed by atoms with van der Waals surface area (Å²) in [5, 5.41) is 8.56. The number of para-hydroxylation sites is 1. The van der Waals surface area contributed by atoms with Gasteiger partial charge in [-0.1, -0.05) is 36.4 Å². The Balaban J connectivity index is 2.04. The third-order valence-electron chi connectivity index (χ3n) is 2.69. The largest absolute Gasteiger partial charge is 0.478 e. The number of carboxylic acids is 1. The summed E-state index contributed by atoms with van der Waals surface area (Å²) in [5.41, 5.74) is 6.68. The third kappa shape index (κ3) is 3.96. The summed E-state index contributed by atoms with van der Waals surface area (Å²) < 4.78 is 5.66. The number of carbonyl (C=O) groups is 1. The summed E-state index contributed by atoms with van der Waals surface area (Å²) in [5.74, 6) is 0.453. The average molecular weight is 269 g/mol. The molecule has 2 rings (SSSR count). The zero-order chi connectivity index (χ0) is 14.4. The van der Waals surface area contributed by atoms with Crippen molar-refractivity contribution in [1.82, 2.24) is 0 Å². The Morgan fingerprint density at radius 1 is 1.05 bits per heavy atom. The molecule has 0 saturated heterocycles. The van der Waals surface area contributed by atoms with Gasteiger partial charge in [-0.25, -0.2) is 4.79 Å². The second kappa shape index (κ2) is 6.54. The molecule has 20 heavy (non-hydrogen) atoms. The molecule has 0 radical (unpaired) electrons. The van der Waals surface area contributed by atoms with Gasteiger partial charge in [-0.05, 0) is 29.8 Å². The molecular weight excluding hydrogens is 254 g/mol. The second-order valence-corrected chi connectivity index (χ2v) is 4.21. The minimum Gasteiger partial charge on any atom is -0.478 e. The average Bonchev–Trinajstić information content (AvgIpc) is 2.46. The molecule has 2 aromatic carbocycles. The molecule has 1 atom stereocenters. The van der Waals surface area contributed by atoms with Gasteiger partial charge < -0.3 is 15.6 Å². The maximum absolute atomic E-state index is 10.4. The Kier molecular flexibility index (Phi) is 4.52. The Hall–Kier alpha value is -2.59. The highest BCUT2D eigenvalue weighted by Crippen LogP contribution is 2.22. The van der Waals surface area contributed by atoms with E-state index in [1.165, 1.54) is 6.08 Å². The Labute approximate surface area is 117 Å². The molecule has 4 heteroatoms. The summed E-state index contributed by atoms with van der Waals surface area (Å²) in [6.45, 7) is 0. The van der Waals surface area contributed by atoms with Gasteiger partial charge in [-0.15, -0.1) is 0 Å². The van der Waals surface area contributed by atoms with E-state index in [2.05, 4.69) is 0 Å². The van der Waals surface area contributed by atoms with Gasteiger partial charge in [0.2, 0.25) is 0 Å². The molecule has 0 aliphatic heterocycles. The number of nitrogens with two attached hydrogens (primary N) is 1. The first-order valence-electron chi connectivity index (χ1n) is 6.15. The Morgan fingerprint density at radius 3 is 2.25 bits per heavy atom. The molecule has 0 aliphatic rings. The van der Waals surface area contributed by atoms with Crippen molar-refractivity contribution in [1.29, 1.82) is 0 Å². The van der Waals surface area contributed by atoms with Gasteiger partial charge in [0.1, 0.15) is 11.5 Å². The summed E-state index contributed by atoms with van der Waals surface area (Å²) in [6, 6.07) is 16.2. The fraction of sp³-hybridized carbons (Fsp3) is 0.0625. The van der Waals surface area contributed by atoms with E-state index >= 15 is 0 Å². The third-order valence-corrected chi connectivity index (χ3v) is 2.69. The molecule has 0 heterocycles. The quantitative estimate of drug-likeness (QED) is 0.818. The lowest BCUT2D eigenvalue weighted by molar-refractivity contribution is -0.131. The van der Waals surface area contributed by atoms with E-state index in [9.17, 15) is 4.79 Å². The van der Waals surface area contributed by atoms with E-state index in [-0.39, 0.29) is 0 Å². The molecule has 0 saturated carbocycles. The predicted octanol–water partition coefficient (Wildman–Crippen LogP) is 3.12. The van der Waals surface area contributed by atoms with Gasteiger partial charge in [-0.3, -0.25) is 0 Å². The lowest BCUT2D eigenvalue weighted by Gasteiger charge is -2.09. The van der Waals surface area contributed by atoms with E-state index in [0.717, 1.165) is 17.4 Å². The van der Waals surface area contributed by atoms with Crippen molar-refractivity contribution >= 4 is 5.97 Å². The molecule has 4 nitrogen and oxygen atoms in total. The van der Waals surface area contributed by atoms with Crippen molar-refractivity contribution in [3.63, 3.8) is 0 Å². The van der Waals surface area contributed by atoms with Gasteiger partial charge in [0.05, 0.1) is 0 Å². The van der Waals surface area contributed by atoms with Crippen LogP contribution in [-0.2, 0) is 4.79 Å². The van der Waals surface area contributed by atoms with Gasteiger partial charge >= 0.3 is 5.97 Å². The van der Waals surface area contributed by atoms with Crippen LogP contribution in [0.4, 0.5) is 0 Å². The first kappa shape index (κ1) is 13.8. The first-order chi connectivity index (χ1) is 9.65. The van der Waals surface area contributed by atoms with E-state index in [1.54, 1.807) is 12.1 Å². The highest BCUT2D eigenvalue weighted by atomic mass is 16.5. The molecule has 0 aromatic heterocycles. The summed E-state index contributed by atoms with van der Waals surface area (Å²) in [7, 11) is 0. The van der Waals surface area contributed by atoms with Crippen LogP contribution in [0.15, 0.2) is 66.7 Å². The molecule has 3 N–H and O–H groups in total. The zero-order valence-electron chi connectivity index (χ0n) is 10.8. The lowest BCUT2D eigenvalue weighted by atomic mass is 10.1. The number of benzene rings is 2. The summed E-state index contributed by atoms with van der Waals surface area (Å²) in [6.07, 6.45) is 2.48. The van der Waals surface area contributed by atoms with Crippen molar-refractivity contribution in [3.05, 3.63) is 72.3 Å². The van der Waals surface area contributed by atoms with Gasteiger partial charge in [-0.2, -0.15) is 0 Å². The fourth-order valence-electron chi connectivity index (χ4n) is 1.68. The SMILES string of the molecule is NC(/C=C/C(=O)O)c1ccc(Oc2ccccc2)cc1. The number of carboxylic acid groups (broad SMARTS) is 1. The standard InChI is InChI=1S/C16H15NO3/c17-15(10-11-16(18)19)12-6-8-14(9-7-12)20-13-4-2-1-3-5-13/h1-11,15H,17H2,(H,18,19)/b11-10+. The molecule has 0 fully saturated rings. The number of ether oxygens (including phenoxy) is 1. The zero-order valence-corrected chi connectivity index (χ0v) is 10.8. The number of hydrogen-bond donors (Lipinski definition) is 2. The second-order valence-electron chi connectivity index (χ2n) is 4.21. The van der Waals surface area contributed by atoms with Crippen molar-refractivity contribution in [2.45, 2.75) is 6.04 Å². The molecule has 102 valence electrons. The normalized spacial score (nSPS) is 12.2. The number of rotatable bonds is 5. The van der Waals surface area contributed by atoms with Crippen LogP contribution in [-0.4, -0.2) is 11.1 Å². The van der Waals surface area contributed by atoms with Crippen LogP contribution in [0.2, 0.25) is 0 Å². The van der Waals surface area contributed by atoms with Crippen LogP contribution >= 0.6 is 0 Å². The molecule has 0 amide bonds. The Bertz CT molecular complexity index is 591. The monoisotopic (exact) mass is 269 g/mol. The maximum Gasteiger partial charge on any atom is 0.328 e. The molecule has 2 aromatic rings. The van der Waals surface area contributed by atoms with Crippen molar-refractivity contribution in [2.24, 2.45) is 5.73 Å². The van der Waals surface area contributed by atoms with E-state index in [4.69, 9.17) is 15.6 Å². The summed E-state index contributed by atoms with van der Waals surface area (Å²) >= 11 is 0. The topological polar surface area (TPSA) is 72.6 Å². The predicted molar refractivity (Wildman–Crippen MR) is 76.7 cm³/mol. The molecular formula is C16H15NO3. The van der Waals surface area contributed by atoms with Crippen LogP contribution in [0.25, 0.3) is 0 Å². The van der Waals surface area contributed by atoms with Crippen molar-refractivity contribution in [2.75, 3.05) is 0 Å². The van der Waals surface area contributed by atoms with Crippen LogP contribution < -0.4 is 10.5 Å². The number of aliphatic carboxylic acids is 1. The molecule has 1 unspecified atom stereocenters. The van der Waals surface area contributed by atoms with Crippen LogP contribution in [0.1, 0.15) is 11.6 Å². The maximum atomic E-state index is 10.4. The van der Waals surface area contributed by atoms with Crippen LogP contribution in [0.3, 0.4) is 0 Å². The van der Waals surface area contributed by atoms with Gasteiger partial charge in [0, 0.05) is 12.1 Å². The van der Waals surface area contributed by atoms with Crippen molar-refractivity contribution < 1.29 is 14.6 Å². The van der Waals surface area contributed by atoms with E-state index in [1.807, 2.05) is 42.5 Å². The summed E-state index contributed by atoms with van der Waals surface area (Å²) in [4.78, 5) is 10.4. The minimum atomic E-state index is -1.01. The first-order valence-corrected chi connectivity index (χ1v) is 6.15. The minimum absolute atomic E-state index is 0.447. The van der Waals surface area contributed by atoms with E-state index < -0.39 is 12.0 Å². The molecule has 0 bridgehead atoms. The highest BCUT2D eigenvalue weighted by molar-refractivity contribution is 5.79. The number of hydrogen-bond acceptors (Lipinski definition) is 3. The Morgan fingerprint density at radius 2 is 1.65 bits per heavy atom. The van der Waals surface area contributed by atoms with Gasteiger partial charge in [0.15, 0.2) is 0 Å². The van der Waals surface area contributed by atoms with Crippen LogP contribution in [0, 0.1) is 0 Å².